The molecule has 0 atom stereocenters. The largest absolute Gasteiger partial charge is 0.707 e. The molecule has 0 aliphatic carbocycles. The van der Waals surface area contributed by atoms with E-state index in [9.17, 15) is 10.1 Å². The van der Waals surface area contributed by atoms with E-state index in [1.54, 1.807) is 13.0 Å². The third kappa shape index (κ3) is 2.44. The van der Waals surface area contributed by atoms with Crippen LogP contribution in [-0.2, 0) is 0 Å². The maximum absolute atomic E-state index is 10.5. The molecule has 1 rings (SSSR count). The lowest BCUT2D eigenvalue weighted by Gasteiger charge is -2.05. The number of aryl methyl sites for hydroxylation is 1. The van der Waals surface area contributed by atoms with Crippen molar-refractivity contribution in [3.8, 4) is 5.75 Å². The Morgan fingerprint density at radius 1 is 1.50 bits per heavy atom. The van der Waals surface area contributed by atoms with Crippen molar-refractivity contribution in [2.75, 3.05) is 0 Å². The van der Waals surface area contributed by atoms with Crippen molar-refractivity contribution in [1.82, 2.24) is 0 Å². The van der Waals surface area contributed by atoms with Gasteiger partial charge in [-0.3, -0.25) is 10.1 Å². The van der Waals surface area contributed by atoms with Crippen LogP contribution in [0.2, 0.25) is 0 Å². The van der Waals surface area contributed by atoms with E-state index in [1.807, 2.05) is 0 Å². The van der Waals surface area contributed by atoms with E-state index in [2.05, 4.69) is 4.65 Å². The lowest BCUT2D eigenvalue weighted by Crippen LogP contribution is -2.21. The van der Waals surface area contributed by atoms with Crippen molar-refractivity contribution in [2.45, 2.75) is 6.92 Å². The standard InChI is InChI=1S/C7H8BNO5/c1-5-2-3-7(14-8(10)11)6(4-5)9(12)13/h2-4,10-11H,1H3. The zero-order chi connectivity index (χ0) is 10.7. The van der Waals surface area contributed by atoms with Gasteiger partial charge < -0.3 is 14.7 Å². The van der Waals surface area contributed by atoms with E-state index in [-0.39, 0.29) is 11.4 Å². The van der Waals surface area contributed by atoms with E-state index < -0.39 is 12.2 Å². The van der Waals surface area contributed by atoms with Gasteiger partial charge in [-0.1, -0.05) is 6.07 Å². The van der Waals surface area contributed by atoms with E-state index in [4.69, 9.17) is 10.0 Å². The highest BCUT2D eigenvalue weighted by Gasteiger charge is 2.20. The lowest BCUT2D eigenvalue weighted by atomic mass is 10.2. The summed E-state index contributed by atoms with van der Waals surface area (Å²) >= 11 is 0. The zero-order valence-corrected chi connectivity index (χ0v) is 7.38. The molecule has 0 fully saturated rings. The van der Waals surface area contributed by atoms with Crippen LogP contribution in [0.3, 0.4) is 0 Å². The Balaban J connectivity index is 3.08. The summed E-state index contributed by atoms with van der Waals surface area (Å²) in [5.41, 5.74) is 0.398. The Labute approximate surface area is 80.1 Å². The third-order valence-corrected chi connectivity index (χ3v) is 1.54. The number of nitrogens with zero attached hydrogens (tertiary/aromatic N) is 1. The van der Waals surface area contributed by atoms with Crippen molar-refractivity contribution in [3.63, 3.8) is 0 Å². The van der Waals surface area contributed by atoms with Crippen LogP contribution in [0.4, 0.5) is 5.69 Å². The second-order valence-corrected chi connectivity index (χ2v) is 2.67. The lowest BCUT2D eigenvalue weighted by molar-refractivity contribution is -0.385. The molecule has 0 aliphatic heterocycles. The van der Waals surface area contributed by atoms with Crippen LogP contribution >= 0.6 is 0 Å². The third-order valence-electron chi connectivity index (χ3n) is 1.54. The van der Waals surface area contributed by atoms with Gasteiger partial charge in [-0.05, 0) is 18.6 Å². The van der Waals surface area contributed by atoms with Crippen molar-refractivity contribution >= 4 is 13.0 Å². The quantitative estimate of drug-likeness (QED) is 0.411. The molecule has 1 aromatic carbocycles. The first-order valence-electron chi connectivity index (χ1n) is 3.78. The summed E-state index contributed by atoms with van der Waals surface area (Å²) in [6, 6.07) is 4.18. The summed E-state index contributed by atoms with van der Waals surface area (Å²) < 4.78 is 4.43. The highest BCUT2D eigenvalue weighted by molar-refractivity contribution is 6.33. The van der Waals surface area contributed by atoms with Gasteiger partial charge >= 0.3 is 13.0 Å². The van der Waals surface area contributed by atoms with Gasteiger partial charge in [-0.15, -0.1) is 0 Å². The van der Waals surface area contributed by atoms with Crippen molar-refractivity contribution < 1.29 is 19.6 Å². The molecule has 14 heavy (non-hydrogen) atoms. The van der Waals surface area contributed by atoms with Gasteiger partial charge in [-0.25, -0.2) is 0 Å². The van der Waals surface area contributed by atoms with Gasteiger partial charge in [0.25, 0.3) is 0 Å². The van der Waals surface area contributed by atoms with Crippen LogP contribution in [0.5, 0.6) is 5.75 Å². The van der Waals surface area contributed by atoms with Crippen LogP contribution in [0.15, 0.2) is 18.2 Å². The predicted octanol–water partition coefficient (Wildman–Crippen LogP) is 0.252. The predicted molar refractivity (Wildman–Crippen MR) is 48.7 cm³/mol. The molecule has 0 amide bonds. The second kappa shape index (κ2) is 4.08. The van der Waals surface area contributed by atoms with Gasteiger partial charge in [0.15, 0.2) is 5.75 Å². The maximum Gasteiger partial charge on any atom is 0.707 e. The van der Waals surface area contributed by atoms with Crippen LogP contribution < -0.4 is 4.65 Å². The molecule has 0 saturated carbocycles. The van der Waals surface area contributed by atoms with Crippen LogP contribution in [-0.4, -0.2) is 22.3 Å². The normalized spacial score (nSPS) is 9.64. The molecule has 0 spiro atoms. The van der Waals surface area contributed by atoms with Crippen LogP contribution in [0.1, 0.15) is 5.56 Å². The summed E-state index contributed by atoms with van der Waals surface area (Å²) in [5.74, 6) is -0.171. The fraction of sp³-hybridized carbons (Fsp3) is 0.143. The molecule has 1 aromatic rings. The summed E-state index contributed by atoms with van der Waals surface area (Å²) in [5, 5.41) is 27.5. The van der Waals surface area contributed by atoms with Crippen LogP contribution in [0.25, 0.3) is 0 Å². The van der Waals surface area contributed by atoms with E-state index in [1.165, 1.54) is 12.1 Å². The first-order valence-corrected chi connectivity index (χ1v) is 3.78. The fourth-order valence-electron chi connectivity index (χ4n) is 0.983. The number of hydrogen-bond donors (Lipinski definition) is 2. The van der Waals surface area contributed by atoms with Crippen molar-refractivity contribution in [3.05, 3.63) is 33.9 Å². The Kier molecular flexibility index (Phi) is 3.05. The van der Waals surface area contributed by atoms with Crippen molar-refractivity contribution in [2.24, 2.45) is 0 Å². The highest BCUT2D eigenvalue weighted by atomic mass is 16.6. The van der Waals surface area contributed by atoms with Gasteiger partial charge in [0.2, 0.25) is 0 Å². The molecular weight excluding hydrogens is 189 g/mol. The van der Waals surface area contributed by atoms with Crippen LogP contribution in [0, 0.1) is 17.0 Å². The molecule has 0 saturated heterocycles. The average Bonchev–Trinajstić information content (AvgIpc) is 2.07. The number of rotatable bonds is 3. The molecule has 0 bridgehead atoms. The number of nitro groups is 1. The molecule has 0 radical (unpaired) electrons. The average molecular weight is 197 g/mol. The highest BCUT2D eigenvalue weighted by Crippen LogP contribution is 2.27. The Morgan fingerprint density at radius 3 is 2.64 bits per heavy atom. The Hall–Kier alpha value is -1.60. The molecule has 0 aliphatic rings. The SMILES string of the molecule is Cc1ccc(OB(O)O)c([N+](=O)[O-])c1. The van der Waals surface area contributed by atoms with Gasteiger partial charge in [0, 0.05) is 6.07 Å². The number of nitro benzene ring substituents is 1. The fourth-order valence-corrected chi connectivity index (χ4v) is 0.983. The minimum atomic E-state index is -2.06. The second-order valence-electron chi connectivity index (χ2n) is 2.67. The minimum Gasteiger partial charge on any atom is -0.507 e. The topological polar surface area (TPSA) is 92.8 Å². The van der Waals surface area contributed by atoms with E-state index in [0.29, 0.717) is 5.56 Å². The Morgan fingerprint density at radius 2 is 2.14 bits per heavy atom. The molecular formula is C7H8BNO5. The summed E-state index contributed by atoms with van der Waals surface area (Å²) in [7, 11) is -2.06. The van der Waals surface area contributed by atoms with Crippen molar-refractivity contribution in [1.29, 1.82) is 0 Å². The monoisotopic (exact) mass is 197 g/mol. The van der Waals surface area contributed by atoms with Gasteiger partial charge in [0.1, 0.15) is 0 Å². The van der Waals surface area contributed by atoms with Gasteiger partial charge in [0.05, 0.1) is 4.92 Å². The molecule has 6 nitrogen and oxygen atoms in total. The zero-order valence-electron chi connectivity index (χ0n) is 7.38. The molecule has 0 aromatic heterocycles. The molecule has 7 heteroatoms. The minimum absolute atomic E-state index is 0.171. The first-order chi connectivity index (χ1) is 6.50. The van der Waals surface area contributed by atoms with E-state index in [0.717, 1.165) is 0 Å². The molecule has 74 valence electrons. The summed E-state index contributed by atoms with van der Waals surface area (Å²) in [4.78, 5) is 9.87. The smallest absolute Gasteiger partial charge is 0.507 e. The maximum atomic E-state index is 10.5. The molecule has 0 unspecified atom stereocenters. The summed E-state index contributed by atoms with van der Waals surface area (Å²) in [6.07, 6.45) is 0. The number of benzene rings is 1. The molecule has 2 N–H and O–H groups in total. The Bertz CT molecular complexity index is 354. The van der Waals surface area contributed by atoms with Gasteiger partial charge in [-0.2, -0.15) is 0 Å². The first kappa shape index (κ1) is 10.5. The number of hydrogen-bond acceptors (Lipinski definition) is 5. The van der Waals surface area contributed by atoms with E-state index >= 15 is 0 Å². The molecule has 0 heterocycles. The summed E-state index contributed by atoms with van der Waals surface area (Å²) in [6.45, 7) is 1.69.